The SMILES string of the molecule is CCCCC(CCCOC(=O)O[C@@H]1[C@@H](c2ccccc2)Nc2c(ccn3c(C)c(C)nc23)[C@H]1OCCOC)O[N+](=O)[O-]. The molecule has 4 atom stereocenters. The van der Waals surface area contributed by atoms with Crippen LogP contribution in [0.15, 0.2) is 42.6 Å². The maximum absolute atomic E-state index is 13.0. The lowest BCUT2D eigenvalue weighted by molar-refractivity contribution is -0.769. The second-order valence-electron chi connectivity index (χ2n) is 10.4. The van der Waals surface area contributed by atoms with Crippen molar-refractivity contribution in [3.8, 4) is 0 Å². The molecule has 0 bridgehead atoms. The van der Waals surface area contributed by atoms with Gasteiger partial charge in [-0.2, -0.15) is 0 Å². The van der Waals surface area contributed by atoms with E-state index in [4.69, 9.17) is 28.8 Å². The highest BCUT2D eigenvalue weighted by Gasteiger charge is 2.42. The first-order chi connectivity index (χ1) is 20.3. The van der Waals surface area contributed by atoms with E-state index in [1.165, 1.54) is 0 Å². The summed E-state index contributed by atoms with van der Waals surface area (Å²) >= 11 is 0. The van der Waals surface area contributed by atoms with Crippen LogP contribution in [0.25, 0.3) is 5.65 Å². The van der Waals surface area contributed by atoms with Crippen LogP contribution < -0.4 is 5.32 Å². The van der Waals surface area contributed by atoms with Gasteiger partial charge in [0, 0.05) is 24.6 Å². The number of hydrogen-bond donors (Lipinski definition) is 1. The van der Waals surface area contributed by atoms with Gasteiger partial charge in [-0.25, -0.2) is 9.78 Å². The van der Waals surface area contributed by atoms with Gasteiger partial charge >= 0.3 is 6.16 Å². The monoisotopic (exact) mass is 584 g/mol. The summed E-state index contributed by atoms with van der Waals surface area (Å²) in [6.45, 7) is 6.68. The molecular formula is C30H40N4O8. The minimum absolute atomic E-state index is 0.0394. The number of carbonyl (C=O) groups is 1. The van der Waals surface area contributed by atoms with E-state index < -0.39 is 35.6 Å². The van der Waals surface area contributed by atoms with Crippen LogP contribution in [0.4, 0.5) is 10.5 Å². The Morgan fingerprint density at radius 3 is 2.60 bits per heavy atom. The van der Waals surface area contributed by atoms with E-state index in [-0.39, 0.29) is 13.2 Å². The average Bonchev–Trinajstić information content (AvgIpc) is 3.27. The normalized spacial score (nSPS) is 18.6. The number of ether oxygens (including phenoxy) is 4. The fourth-order valence-electron chi connectivity index (χ4n) is 5.25. The molecule has 1 aromatic carbocycles. The first-order valence-corrected chi connectivity index (χ1v) is 14.4. The van der Waals surface area contributed by atoms with Crippen LogP contribution in [0.3, 0.4) is 0 Å². The van der Waals surface area contributed by atoms with Crippen LogP contribution in [-0.4, -0.2) is 59.8 Å². The fraction of sp³-hybridized carbons (Fsp3) is 0.533. The van der Waals surface area contributed by atoms with Gasteiger partial charge in [0.15, 0.2) is 11.8 Å². The number of pyridine rings is 1. The van der Waals surface area contributed by atoms with E-state index in [0.717, 1.165) is 46.7 Å². The zero-order chi connectivity index (χ0) is 30.1. The largest absolute Gasteiger partial charge is 0.508 e. The Labute approximate surface area is 245 Å². The third kappa shape index (κ3) is 7.48. The minimum atomic E-state index is -0.847. The predicted molar refractivity (Wildman–Crippen MR) is 155 cm³/mol. The minimum Gasteiger partial charge on any atom is -0.434 e. The molecule has 3 aromatic rings. The lowest BCUT2D eigenvalue weighted by atomic mass is 9.88. The lowest BCUT2D eigenvalue weighted by Gasteiger charge is -2.39. The highest BCUT2D eigenvalue weighted by Crippen LogP contribution is 2.44. The first kappa shape index (κ1) is 31.0. The van der Waals surface area contributed by atoms with Crippen molar-refractivity contribution in [2.75, 3.05) is 32.2 Å². The lowest BCUT2D eigenvalue weighted by Crippen LogP contribution is -2.41. The molecule has 2 aromatic heterocycles. The van der Waals surface area contributed by atoms with Gasteiger partial charge in [0.2, 0.25) is 0 Å². The Kier molecular flexibility index (Phi) is 11.0. The Bertz CT molecular complexity index is 1330. The Morgan fingerprint density at radius 1 is 1.12 bits per heavy atom. The molecule has 1 unspecified atom stereocenters. The van der Waals surface area contributed by atoms with Gasteiger partial charge in [-0.1, -0.05) is 50.1 Å². The van der Waals surface area contributed by atoms with Crippen LogP contribution in [0.2, 0.25) is 0 Å². The van der Waals surface area contributed by atoms with Crippen LogP contribution >= 0.6 is 0 Å². The molecule has 12 heteroatoms. The molecule has 1 aliphatic rings. The molecule has 1 aliphatic heterocycles. The van der Waals surface area contributed by atoms with Crippen molar-refractivity contribution < 1.29 is 33.7 Å². The first-order valence-electron chi connectivity index (χ1n) is 14.4. The second kappa shape index (κ2) is 14.8. The number of nitrogens with one attached hydrogen (secondary N) is 1. The Balaban J connectivity index is 1.56. The van der Waals surface area contributed by atoms with Crippen molar-refractivity contribution in [2.45, 2.75) is 77.2 Å². The van der Waals surface area contributed by atoms with Gasteiger partial charge in [0.1, 0.15) is 12.2 Å². The van der Waals surface area contributed by atoms with E-state index in [2.05, 4.69) is 5.32 Å². The standard InChI is InChI=1S/C30H40N4O8/c1-5-6-13-23(42-34(36)37)14-10-17-40-30(35)41-28-25(22-11-8-7-9-12-22)32-26-24(27(28)39-19-18-38-4)15-16-33-21(3)20(2)31-29(26)33/h7-9,11-12,15-16,23,25,27-28,32H,5-6,10,13-14,17-19H2,1-4H3/t23?,25-,27-,28-/m1/s1. The molecule has 0 amide bonds. The number of unbranched alkanes of at least 4 members (excludes halogenated alkanes) is 1. The summed E-state index contributed by atoms with van der Waals surface area (Å²) < 4.78 is 25.0. The third-order valence-electron chi connectivity index (χ3n) is 7.52. The van der Waals surface area contributed by atoms with Crippen LogP contribution in [0.5, 0.6) is 0 Å². The maximum Gasteiger partial charge on any atom is 0.508 e. The smallest absolute Gasteiger partial charge is 0.434 e. The number of aryl methyl sites for hydroxylation is 2. The molecule has 4 rings (SSSR count). The van der Waals surface area contributed by atoms with Gasteiger partial charge in [-0.3, -0.25) is 0 Å². The summed E-state index contributed by atoms with van der Waals surface area (Å²) in [6.07, 6.45) is 2.22. The maximum atomic E-state index is 13.0. The summed E-state index contributed by atoms with van der Waals surface area (Å²) in [5.41, 5.74) is 5.23. The topological polar surface area (TPSA) is 136 Å². The quantitative estimate of drug-likeness (QED) is 0.0996. The zero-order valence-corrected chi connectivity index (χ0v) is 24.6. The number of benzene rings is 1. The molecule has 12 nitrogen and oxygen atoms in total. The van der Waals surface area contributed by atoms with E-state index in [9.17, 15) is 14.9 Å². The van der Waals surface area contributed by atoms with Gasteiger partial charge in [0.25, 0.3) is 5.09 Å². The van der Waals surface area contributed by atoms with Gasteiger partial charge in [0.05, 0.1) is 37.2 Å². The van der Waals surface area contributed by atoms with Crippen molar-refractivity contribution in [1.29, 1.82) is 0 Å². The molecule has 0 saturated heterocycles. The number of fused-ring (bicyclic) bond motifs is 3. The van der Waals surface area contributed by atoms with Crippen molar-refractivity contribution >= 4 is 17.5 Å². The molecule has 228 valence electrons. The number of anilines is 1. The highest BCUT2D eigenvalue weighted by molar-refractivity contribution is 5.75. The van der Waals surface area contributed by atoms with E-state index in [0.29, 0.717) is 25.9 Å². The number of carbonyl (C=O) groups excluding carboxylic acids is 1. The number of aromatic nitrogens is 2. The number of nitrogens with zero attached hydrogens (tertiary/aromatic N) is 3. The number of methoxy groups -OCH3 is 1. The van der Waals surface area contributed by atoms with Crippen molar-refractivity contribution in [3.63, 3.8) is 0 Å². The van der Waals surface area contributed by atoms with Crippen molar-refractivity contribution in [3.05, 3.63) is 75.2 Å². The molecule has 0 radical (unpaired) electrons. The van der Waals surface area contributed by atoms with Crippen LogP contribution in [0, 0.1) is 24.0 Å². The highest BCUT2D eigenvalue weighted by atomic mass is 17.0. The van der Waals surface area contributed by atoms with E-state index in [1.807, 2.05) is 67.8 Å². The zero-order valence-electron chi connectivity index (χ0n) is 24.6. The Morgan fingerprint density at radius 2 is 1.88 bits per heavy atom. The molecule has 0 spiro atoms. The van der Waals surface area contributed by atoms with Crippen LogP contribution in [-0.2, 0) is 23.8 Å². The molecule has 0 fully saturated rings. The molecule has 0 aliphatic carbocycles. The molecular weight excluding hydrogens is 544 g/mol. The van der Waals surface area contributed by atoms with Gasteiger partial charge in [-0.05, 0) is 44.7 Å². The van der Waals surface area contributed by atoms with Gasteiger partial charge in [-0.15, -0.1) is 10.1 Å². The van der Waals surface area contributed by atoms with Gasteiger partial charge < -0.3 is 33.5 Å². The van der Waals surface area contributed by atoms with Crippen molar-refractivity contribution in [2.24, 2.45) is 0 Å². The third-order valence-corrected chi connectivity index (χ3v) is 7.52. The van der Waals surface area contributed by atoms with E-state index >= 15 is 0 Å². The summed E-state index contributed by atoms with van der Waals surface area (Å²) in [5, 5.41) is 13.7. The second-order valence-corrected chi connectivity index (χ2v) is 10.4. The molecule has 1 N–H and O–H groups in total. The summed E-state index contributed by atoms with van der Waals surface area (Å²) in [7, 11) is 1.60. The Hall–Kier alpha value is -3.90. The van der Waals surface area contributed by atoms with Crippen LogP contribution in [0.1, 0.15) is 73.7 Å². The molecule has 0 saturated carbocycles. The van der Waals surface area contributed by atoms with E-state index in [1.54, 1.807) is 7.11 Å². The number of hydrogen-bond acceptors (Lipinski definition) is 10. The number of rotatable bonds is 15. The van der Waals surface area contributed by atoms with Crippen molar-refractivity contribution in [1.82, 2.24) is 9.38 Å². The predicted octanol–water partition coefficient (Wildman–Crippen LogP) is 5.89. The summed E-state index contributed by atoms with van der Waals surface area (Å²) in [6, 6.07) is 11.2. The summed E-state index contributed by atoms with van der Waals surface area (Å²) in [5.74, 6) is 0. The fourth-order valence-corrected chi connectivity index (χ4v) is 5.25. The molecule has 42 heavy (non-hydrogen) atoms. The number of imidazole rings is 1. The summed E-state index contributed by atoms with van der Waals surface area (Å²) in [4.78, 5) is 33.4. The molecule has 3 heterocycles. The average molecular weight is 585 g/mol.